The standard InChI is InChI=1S/C11H5BF6N2O2/c13-4-2-19-10(8(4)15)6(21)1-7(22-12(17)18)11-9(16)5(14)3-20-11/h1-3,19-20H/b7-1-. The van der Waals surface area contributed by atoms with Crippen molar-refractivity contribution in [2.24, 2.45) is 0 Å². The number of hydrogen-bond donors (Lipinski definition) is 2. The lowest BCUT2D eigenvalue weighted by atomic mass is 10.2. The minimum Gasteiger partial charge on any atom is -0.503 e. The number of nitrogens with one attached hydrogen (secondary N) is 2. The van der Waals surface area contributed by atoms with Crippen LogP contribution in [0.1, 0.15) is 16.2 Å². The number of H-pyrrole nitrogens is 2. The fourth-order valence-corrected chi connectivity index (χ4v) is 1.57. The lowest BCUT2D eigenvalue weighted by Crippen LogP contribution is -2.08. The van der Waals surface area contributed by atoms with Crippen LogP contribution in [0.3, 0.4) is 0 Å². The van der Waals surface area contributed by atoms with Gasteiger partial charge in [-0.25, -0.2) is 26.2 Å². The average molecular weight is 322 g/mol. The van der Waals surface area contributed by atoms with E-state index in [0.29, 0.717) is 12.4 Å². The first-order valence-electron chi connectivity index (χ1n) is 5.57. The SMILES string of the molecule is O=C(/C=C(\OB(F)F)c1[nH]cc(F)c1F)c1[nH]cc(F)c1F. The summed E-state index contributed by atoms with van der Waals surface area (Å²) in [5.41, 5.74) is -1.76. The van der Waals surface area contributed by atoms with Crippen LogP contribution in [-0.4, -0.2) is 23.2 Å². The van der Waals surface area contributed by atoms with Crippen molar-refractivity contribution >= 4 is 19.0 Å². The predicted octanol–water partition coefficient (Wildman–Crippen LogP) is 3.06. The lowest BCUT2D eigenvalue weighted by molar-refractivity contribution is 0.103. The van der Waals surface area contributed by atoms with Crippen LogP contribution in [0.4, 0.5) is 26.2 Å². The minimum atomic E-state index is -3.46. The number of carbonyl (C=O) groups is 1. The molecule has 0 aliphatic carbocycles. The minimum absolute atomic E-state index is 0.273. The van der Waals surface area contributed by atoms with Gasteiger partial charge in [-0.2, -0.15) is 0 Å². The molecular weight excluding hydrogens is 317 g/mol. The fraction of sp³-hybridized carbons (Fsp3) is 0. The summed E-state index contributed by atoms with van der Waals surface area (Å²) < 4.78 is 80.8. The van der Waals surface area contributed by atoms with E-state index in [-0.39, 0.29) is 6.08 Å². The maximum atomic E-state index is 13.4. The van der Waals surface area contributed by atoms with E-state index in [9.17, 15) is 31.0 Å². The van der Waals surface area contributed by atoms with Gasteiger partial charge >= 0.3 is 7.47 Å². The molecule has 2 rings (SSSR count). The zero-order valence-electron chi connectivity index (χ0n) is 10.4. The van der Waals surface area contributed by atoms with Crippen LogP contribution in [-0.2, 0) is 4.65 Å². The Hall–Kier alpha value is -2.59. The number of ketones is 1. The lowest BCUT2D eigenvalue weighted by Gasteiger charge is -2.06. The van der Waals surface area contributed by atoms with Crippen molar-refractivity contribution in [3.63, 3.8) is 0 Å². The Labute approximate surface area is 119 Å². The predicted molar refractivity (Wildman–Crippen MR) is 62.8 cm³/mol. The van der Waals surface area contributed by atoms with Crippen molar-refractivity contribution in [3.8, 4) is 0 Å². The smallest absolute Gasteiger partial charge is 0.503 e. The maximum absolute atomic E-state index is 13.4. The summed E-state index contributed by atoms with van der Waals surface area (Å²) in [5.74, 6) is -8.27. The Kier molecular flexibility index (Phi) is 4.34. The van der Waals surface area contributed by atoms with Crippen molar-refractivity contribution in [2.45, 2.75) is 0 Å². The molecule has 22 heavy (non-hydrogen) atoms. The zero-order valence-corrected chi connectivity index (χ0v) is 10.4. The van der Waals surface area contributed by atoms with E-state index in [2.05, 4.69) is 4.65 Å². The third kappa shape index (κ3) is 3.02. The molecule has 0 bridgehead atoms. The molecule has 2 aromatic rings. The Morgan fingerprint density at radius 3 is 1.91 bits per heavy atom. The van der Waals surface area contributed by atoms with Gasteiger partial charge < -0.3 is 14.6 Å². The number of aromatic amines is 2. The number of carbonyl (C=O) groups excluding carboxylic acids is 1. The van der Waals surface area contributed by atoms with Gasteiger partial charge in [-0.3, -0.25) is 4.79 Å². The third-order valence-electron chi connectivity index (χ3n) is 2.52. The van der Waals surface area contributed by atoms with E-state index < -0.39 is 53.7 Å². The number of rotatable bonds is 5. The van der Waals surface area contributed by atoms with Gasteiger partial charge in [0.15, 0.2) is 23.3 Å². The van der Waals surface area contributed by atoms with Crippen molar-refractivity contribution in [1.29, 1.82) is 0 Å². The van der Waals surface area contributed by atoms with Gasteiger partial charge in [0.2, 0.25) is 5.78 Å². The molecule has 2 N–H and O–H groups in total. The summed E-state index contributed by atoms with van der Waals surface area (Å²) in [6.07, 6.45) is 1.31. The molecule has 0 atom stereocenters. The first kappa shape index (κ1) is 15.8. The molecular formula is C11H5BF6N2O2. The summed E-state index contributed by atoms with van der Waals surface area (Å²) in [6, 6.07) is 0. The summed E-state index contributed by atoms with van der Waals surface area (Å²) in [5, 5.41) is 0. The molecule has 116 valence electrons. The monoisotopic (exact) mass is 322 g/mol. The summed E-state index contributed by atoms with van der Waals surface area (Å²) in [4.78, 5) is 15.6. The molecule has 0 saturated carbocycles. The van der Waals surface area contributed by atoms with Gasteiger partial charge in [0, 0.05) is 18.5 Å². The normalized spacial score (nSPS) is 11.6. The molecule has 0 aliphatic rings. The topological polar surface area (TPSA) is 57.9 Å². The Morgan fingerprint density at radius 1 is 1.00 bits per heavy atom. The van der Waals surface area contributed by atoms with Crippen LogP contribution in [0.5, 0.6) is 0 Å². The van der Waals surface area contributed by atoms with E-state index in [0.717, 1.165) is 0 Å². The summed E-state index contributed by atoms with van der Waals surface area (Å²) in [6.45, 7) is 0. The molecule has 2 aromatic heterocycles. The highest BCUT2D eigenvalue weighted by atomic mass is 19.2. The van der Waals surface area contributed by atoms with Gasteiger partial charge in [0.05, 0.1) is 0 Å². The molecule has 0 fully saturated rings. The second-order valence-corrected chi connectivity index (χ2v) is 3.90. The molecule has 0 aliphatic heterocycles. The second-order valence-electron chi connectivity index (χ2n) is 3.90. The van der Waals surface area contributed by atoms with Crippen molar-refractivity contribution in [2.75, 3.05) is 0 Å². The zero-order chi connectivity index (χ0) is 16.4. The highest BCUT2D eigenvalue weighted by Gasteiger charge is 2.26. The number of allylic oxidation sites excluding steroid dienone is 1. The Morgan fingerprint density at radius 2 is 1.50 bits per heavy atom. The molecule has 0 radical (unpaired) electrons. The molecule has 0 aromatic carbocycles. The van der Waals surface area contributed by atoms with Crippen LogP contribution in [0.25, 0.3) is 5.76 Å². The van der Waals surface area contributed by atoms with Gasteiger partial charge in [-0.1, -0.05) is 0 Å². The van der Waals surface area contributed by atoms with Crippen LogP contribution >= 0.6 is 0 Å². The quantitative estimate of drug-likeness (QED) is 0.292. The van der Waals surface area contributed by atoms with Crippen molar-refractivity contribution in [1.82, 2.24) is 9.97 Å². The molecule has 11 heteroatoms. The highest BCUT2D eigenvalue weighted by Crippen LogP contribution is 2.23. The Bertz CT molecular complexity index is 739. The molecule has 0 saturated heterocycles. The van der Waals surface area contributed by atoms with E-state index >= 15 is 0 Å². The molecule has 4 nitrogen and oxygen atoms in total. The van der Waals surface area contributed by atoms with E-state index in [4.69, 9.17) is 0 Å². The number of hydrogen-bond acceptors (Lipinski definition) is 2. The third-order valence-corrected chi connectivity index (χ3v) is 2.52. The van der Waals surface area contributed by atoms with Gasteiger partial charge in [-0.15, -0.1) is 0 Å². The van der Waals surface area contributed by atoms with Crippen molar-refractivity contribution in [3.05, 3.63) is 53.1 Å². The van der Waals surface area contributed by atoms with Gasteiger partial charge in [0.25, 0.3) is 0 Å². The first-order chi connectivity index (χ1) is 10.3. The van der Waals surface area contributed by atoms with Crippen LogP contribution in [0.2, 0.25) is 0 Å². The number of halogens is 6. The largest absolute Gasteiger partial charge is 0.796 e. The van der Waals surface area contributed by atoms with E-state index in [1.54, 1.807) is 0 Å². The molecule has 0 spiro atoms. The Balaban J connectivity index is 2.43. The van der Waals surface area contributed by atoms with Crippen molar-refractivity contribution < 1.29 is 35.6 Å². The molecule has 2 heterocycles. The molecule has 0 unspecified atom stereocenters. The average Bonchev–Trinajstić information content (AvgIpc) is 2.94. The van der Waals surface area contributed by atoms with Crippen LogP contribution < -0.4 is 0 Å². The fourth-order valence-electron chi connectivity index (χ4n) is 1.57. The van der Waals surface area contributed by atoms with Gasteiger partial charge in [-0.05, 0) is 0 Å². The van der Waals surface area contributed by atoms with Crippen LogP contribution in [0.15, 0.2) is 18.5 Å². The second kappa shape index (κ2) is 6.04. The van der Waals surface area contributed by atoms with Crippen LogP contribution in [0, 0.1) is 23.3 Å². The first-order valence-corrected chi connectivity index (χ1v) is 5.57. The summed E-state index contributed by atoms with van der Waals surface area (Å²) >= 11 is 0. The maximum Gasteiger partial charge on any atom is 0.796 e. The summed E-state index contributed by atoms with van der Waals surface area (Å²) in [7, 11) is -3.46. The highest BCUT2D eigenvalue weighted by molar-refractivity contribution is 6.36. The van der Waals surface area contributed by atoms with Gasteiger partial charge in [0.1, 0.15) is 17.1 Å². The van der Waals surface area contributed by atoms with E-state index in [1.807, 2.05) is 9.97 Å². The van der Waals surface area contributed by atoms with E-state index in [1.165, 1.54) is 0 Å². The molecule has 0 amide bonds. The number of aromatic nitrogens is 2.